The van der Waals surface area contributed by atoms with Gasteiger partial charge in [0.15, 0.2) is 11.6 Å². The van der Waals surface area contributed by atoms with Crippen molar-refractivity contribution >= 4 is 34.3 Å². The Kier molecular flexibility index (Phi) is 12.4. The molecular formula is C73H49N7. The Morgan fingerprint density at radius 1 is 0.188 bits per heavy atom. The van der Waals surface area contributed by atoms with Gasteiger partial charge in [-0.2, -0.15) is 0 Å². The maximum atomic E-state index is 5.69. The molecule has 0 saturated heterocycles. The smallest absolute Gasteiger partial charge is 0.162 e. The van der Waals surface area contributed by atoms with E-state index in [1.807, 2.05) is 54.6 Å². The van der Waals surface area contributed by atoms with Crippen LogP contribution in [-0.2, 0) is 0 Å². The van der Waals surface area contributed by atoms with Gasteiger partial charge >= 0.3 is 0 Å². The van der Waals surface area contributed by atoms with Crippen LogP contribution in [0.1, 0.15) is 0 Å². The van der Waals surface area contributed by atoms with E-state index in [-0.39, 0.29) is 0 Å². The number of anilines is 6. The van der Waals surface area contributed by atoms with Crippen molar-refractivity contribution in [1.82, 2.24) is 24.9 Å². The molecule has 1 aliphatic heterocycles. The molecule has 0 atom stereocenters. The Morgan fingerprint density at radius 2 is 0.537 bits per heavy atom. The minimum atomic E-state index is 0.636. The van der Waals surface area contributed by atoms with Crippen LogP contribution in [0.4, 0.5) is 34.3 Å². The molecule has 13 aromatic rings. The van der Waals surface area contributed by atoms with Gasteiger partial charge in [-0.05, 0) is 76.9 Å². The van der Waals surface area contributed by atoms with Gasteiger partial charge in [0.1, 0.15) is 5.82 Å². The topological polar surface area (TPSA) is 70.9 Å². The van der Waals surface area contributed by atoms with Gasteiger partial charge in [-0.25, -0.2) is 24.9 Å². The van der Waals surface area contributed by atoms with Gasteiger partial charge in [0, 0.05) is 45.0 Å². The van der Waals surface area contributed by atoms with Crippen LogP contribution in [-0.4, -0.2) is 24.9 Å². The van der Waals surface area contributed by atoms with Crippen LogP contribution < -0.4 is 9.80 Å². The highest BCUT2D eigenvalue weighted by atomic mass is 15.3. The summed E-state index contributed by atoms with van der Waals surface area (Å²) in [6.07, 6.45) is 0. The molecule has 0 bridgehead atoms. The van der Waals surface area contributed by atoms with Crippen molar-refractivity contribution in [2.45, 2.75) is 0 Å². The quantitative estimate of drug-likeness (QED) is 0.128. The number of fused-ring (bicyclic) bond motifs is 2. The summed E-state index contributed by atoms with van der Waals surface area (Å²) < 4.78 is 0. The summed E-state index contributed by atoms with van der Waals surface area (Å²) in [6, 6.07) is 103. The number of benzene rings is 10. The van der Waals surface area contributed by atoms with Crippen molar-refractivity contribution in [3.63, 3.8) is 0 Å². The zero-order valence-electron chi connectivity index (χ0n) is 43.4. The minimum Gasteiger partial charge on any atom is -0.306 e. The first kappa shape index (κ1) is 47.6. The van der Waals surface area contributed by atoms with E-state index in [1.54, 1.807) is 0 Å². The summed E-state index contributed by atoms with van der Waals surface area (Å²) in [5.41, 5.74) is 19.7. The number of para-hydroxylation sites is 4. The molecule has 10 aromatic carbocycles. The maximum Gasteiger partial charge on any atom is 0.162 e. The standard InChI is InChI=1S/C73H49N7/c1-8-26-50(27-9-1)57-44-61(52-30-12-3-13-31-52)74-64(45-57)60-46-59(65-48-62(53-32-14-4-15-33-53)75-72(77-65)55-36-18-6-19-37-55)58(51-28-10-2-11-29-51)47-70(60)79-66-40-22-24-42-68(66)80(69-43-25-23-41-67(69)79)71-49-63(54-34-16-5-17-35-54)76-73(78-71)56-38-20-7-21-39-56/h1-49H. The number of nitrogens with zero attached hydrogens (tertiary/aromatic N) is 7. The Morgan fingerprint density at radius 3 is 1.02 bits per heavy atom. The molecule has 3 aromatic heterocycles. The molecule has 14 rings (SSSR count). The van der Waals surface area contributed by atoms with Crippen molar-refractivity contribution in [2.75, 3.05) is 9.80 Å². The highest BCUT2D eigenvalue weighted by Crippen LogP contribution is 2.57. The Labute approximate surface area is 465 Å². The van der Waals surface area contributed by atoms with E-state index in [0.29, 0.717) is 11.6 Å². The van der Waals surface area contributed by atoms with Crippen molar-refractivity contribution in [1.29, 1.82) is 0 Å². The van der Waals surface area contributed by atoms with Crippen LogP contribution in [0.25, 0.3) is 101 Å². The van der Waals surface area contributed by atoms with Crippen LogP contribution in [0, 0.1) is 0 Å². The molecule has 4 heterocycles. The van der Waals surface area contributed by atoms with E-state index in [0.717, 1.165) is 124 Å². The monoisotopic (exact) mass is 1020 g/mol. The Balaban J connectivity index is 1.07. The molecule has 0 fully saturated rings. The third kappa shape index (κ3) is 9.14. The zero-order chi connectivity index (χ0) is 53.2. The molecule has 0 saturated carbocycles. The largest absolute Gasteiger partial charge is 0.306 e. The predicted octanol–water partition coefficient (Wildman–Crippen LogP) is 18.9. The van der Waals surface area contributed by atoms with Gasteiger partial charge in [0.05, 0.1) is 56.9 Å². The van der Waals surface area contributed by atoms with E-state index >= 15 is 0 Å². The zero-order valence-corrected chi connectivity index (χ0v) is 43.4. The van der Waals surface area contributed by atoms with Crippen LogP contribution in [0.5, 0.6) is 0 Å². The second kappa shape index (κ2) is 20.9. The number of rotatable bonds is 11. The van der Waals surface area contributed by atoms with E-state index in [2.05, 4.69) is 252 Å². The average Bonchev–Trinajstić information content (AvgIpc) is 3.63. The van der Waals surface area contributed by atoms with Crippen LogP contribution in [0.2, 0.25) is 0 Å². The van der Waals surface area contributed by atoms with E-state index in [1.165, 1.54) is 0 Å². The second-order valence-electron chi connectivity index (χ2n) is 19.6. The normalized spacial score (nSPS) is 11.7. The van der Waals surface area contributed by atoms with Gasteiger partial charge in [0.25, 0.3) is 0 Å². The van der Waals surface area contributed by atoms with Gasteiger partial charge in [-0.15, -0.1) is 0 Å². The molecule has 0 radical (unpaired) electrons. The molecule has 376 valence electrons. The first-order valence-corrected chi connectivity index (χ1v) is 26.8. The van der Waals surface area contributed by atoms with Gasteiger partial charge in [0.2, 0.25) is 0 Å². The minimum absolute atomic E-state index is 0.636. The molecule has 0 unspecified atom stereocenters. The fourth-order valence-electron chi connectivity index (χ4n) is 10.8. The second-order valence-corrected chi connectivity index (χ2v) is 19.6. The first-order chi connectivity index (χ1) is 39.7. The fraction of sp³-hybridized carbons (Fsp3) is 0. The Hall–Kier alpha value is -10.9. The Bertz CT molecular complexity index is 4110. The molecule has 7 nitrogen and oxygen atoms in total. The molecule has 0 amide bonds. The summed E-state index contributed by atoms with van der Waals surface area (Å²) in [4.78, 5) is 31.8. The summed E-state index contributed by atoms with van der Waals surface area (Å²) >= 11 is 0. The lowest BCUT2D eigenvalue weighted by Crippen LogP contribution is -2.25. The van der Waals surface area contributed by atoms with Crippen molar-refractivity contribution in [3.05, 3.63) is 297 Å². The predicted molar refractivity (Wildman–Crippen MR) is 327 cm³/mol. The third-order valence-corrected chi connectivity index (χ3v) is 14.6. The van der Waals surface area contributed by atoms with Crippen LogP contribution in [0.3, 0.4) is 0 Å². The van der Waals surface area contributed by atoms with Gasteiger partial charge in [-0.3, -0.25) is 4.90 Å². The number of aromatic nitrogens is 5. The first-order valence-electron chi connectivity index (χ1n) is 26.8. The number of pyridine rings is 1. The summed E-state index contributed by atoms with van der Waals surface area (Å²) in [7, 11) is 0. The highest BCUT2D eigenvalue weighted by molar-refractivity contribution is 6.06. The lowest BCUT2D eigenvalue weighted by molar-refractivity contribution is 1.09. The van der Waals surface area contributed by atoms with Crippen LogP contribution >= 0.6 is 0 Å². The molecule has 7 heteroatoms. The van der Waals surface area contributed by atoms with E-state index < -0.39 is 0 Å². The summed E-state index contributed by atoms with van der Waals surface area (Å²) in [6.45, 7) is 0. The van der Waals surface area contributed by atoms with Gasteiger partial charge in [-0.1, -0.05) is 237 Å². The molecule has 0 N–H and O–H groups in total. The molecule has 1 aliphatic rings. The lowest BCUT2D eigenvalue weighted by Gasteiger charge is -2.40. The van der Waals surface area contributed by atoms with E-state index in [9.17, 15) is 0 Å². The summed E-state index contributed by atoms with van der Waals surface area (Å²) in [5.74, 6) is 2.02. The molecule has 0 aliphatic carbocycles. The summed E-state index contributed by atoms with van der Waals surface area (Å²) in [5, 5.41) is 0. The van der Waals surface area contributed by atoms with Crippen molar-refractivity contribution < 1.29 is 0 Å². The lowest BCUT2D eigenvalue weighted by atomic mass is 9.90. The number of hydrogen-bond donors (Lipinski definition) is 0. The van der Waals surface area contributed by atoms with Gasteiger partial charge < -0.3 is 4.90 Å². The number of hydrogen-bond acceptors (Lipinski definition) is 7. The van der Waals surface area contributed by atoms with Crippen molar-refractivity contribution in [3.8, 4) is 101 Å². The van der Waals surface area contributed by atoms with Crippen LogP contribution in [0.15, 0.2) is 297 Å². The molecule has 80 heavy (non-hydrogen) atoms. The third-order valence-electron chi connectivity index (χ3n) is 14.6. The fourth-order valence-corrected chi connectivity index (χ4v) is 10.8. The average molecular weight is 1020 g/mol. The van der Waals surface area contributed by atoms with Crippen molar-refractivity contribution in [2.24, 2.45) is 0 Å². The van der Waals surface area contributed by atoms with E-state index in [4.69, 9.17) is 24.9 Å². The molecule has 0 spiro atoms. The maximum absolute atomic E-state index is 5.69. The highest BCUT2D eigenvalue weighted by Gasteiger charge is 2.34. The SMILES string of the molecule is c1ccc(-c2cc(-c3ccccc3)nc(-c3cc(-c4cc(-c5ccccc5)nc(-c5ccccc5)n4)c(-c4ccccc4)cc3N3c4ccccc4N(c4cc(-c5ccccc5)nc(-c5ccccc5)n4)c4ccccc43)c2)cc1. The molecular weight excluding hydrogens is 975 g/mol.